The van der Waals surface area contributed by atoms with Crippen LogP contribution in [0.5, 0.6) is 0 Å². The number of thioether (sulfide) groups is 1. The predicted molar refractivity (Wildman–Crippen MR) is 97.0 cm³/mol. The van der Waals surface area contributed by atoms with E-state index in [2.05, 4.69) is 59.7 Å². The van der Waals surface area contributed by atoms with Gasteiger partial charge in [0.05, 0.1) is 12.0 Å². The second kappa shape index (κ2) is 6.79. The quantitative estimate of drug-likeness (QED) is 0.694. The smallest absolute Gasteiger partial charge is 0.236 e. The van der Waals surface area contributed by atoms with Crippen LogP contribution in [0.15, 0.2) is 52.7 Å². The fourth-order valence-corrected chi connectivity index (χ4v) is 3.10. The number of hydrogen-bond donors (Lipinski definition) is 1. The second-order valence-electron chi connectivity index (χ2n) is 5.49. The topological polar surface area (TPSA) is 53.8 Å². The van der Waals surface area contributed by atoms with Gasteiger partial charge in [-0.05, 0) is 36.6 Å². The van der Waals surface area contributed by atoms with Gasteiger partial charge in [-0.3, -0.25) is 4.79 Å². The molecule has 0 aliphatic carbocycles. The van der Waals surface area contributed by atoms with Crippen LogP contribution in [0.3, 0.4) is 0 Å². The summed E-state index contributed by atoms with van der Waals surface area (Å²) >= 11 is 1.36. The van der Waals surface area contributed by atoms with Crippen LogP contribution in [0.2, 0.25) is 0 Å². The van der Waals surface area contributed by atoms with E-state index in [9.17, 15) is 4.79 Å². The van der Waals surface area contributed by atoms with Crippen molar-refractivity contribution in [3.05, 3.63) is 59.2 Å². The van der Waals surface area contributed by atoms with E-state index in [1.807, 2.05) is 12.1 Å². The van der Waals surface area contributed by atoms with Gasteiger partial charge in [0, 0.05) is 0 Å². The molecular formula is C18H17N3OS. The minimum atomic E-state index is -0.0271. The van der Waals surface area contributed by atoms with Crippen molar-refractivity contribution in [3.63, 3.8) is 0 Å². The summed E-state index contributed by atoms with van der Waals surface area (Å²) in [4.78, 5) is 11.1. The second-order valence-corrected chi connectivity index (χ2v) is 6.45. The van der Waals surface area contributed by atoms with E-state index in [1.54, 1.807) is 6.21 Å². The Kier molecular flexibility index (Phi) is 4.57. The fourth-order valence-electron chi connectivity index (χ4n) is 2.47. The van der Waals surface area contributed by atoms with Crippen molar-refractivity contribution in [2.45, 2.75) is 13.8 Å². The molecule has 1 saturated heterocycles. The van der Waals surface area contributed by atoms with Crippen LogP contribution in [0.1, 0.15) is 16.7 Å². The van der Waals surface area contributed by atoms with Crippen LogP contribution in [-0.2, 0) is 4.79 Å². The molecule has 1 amide bonds. The molecule has 23 heavy (non-hydrogen) atoms. The van der Waals surface area contributed by atoms with Crippen molar-refractivity contribution in [1.29, 1.82) is 0 Å². The number of nitrogens with one attached hydrogen (secondary N) is 1. The Morgan fingerprint density at radius 1 is 1.09 bits per heavy atom. The summed E-state index contributed by atoms with van der Waals surface area (Å²) in [7, 11) is 0. The maximum absolute atomic E-state index is 11.1. The van der Waals surface area contributed by atoms with Gasteiger partial charge >= 0.3 is 0 Å². The molecule has 0 saturated carbocycles. The SMILES string of the molecule is Cc1cc(C)cc(-c2cccc(C=NN=C3NC(=O)CS3)c2)c1. The normalized spacial score (nSPS) is 16.3. The molecule has 0 bridgehead atoms. The highest BCUT2D eigenvalue weighted by molar-refractivity contribution is 8.15. The zero-order valence-corrected chi connectivity index (χ0v) is 13.9. The molecule has 2 aromatic carbocycles. The van der Waals surface area contributed by atoms with Gasteiger partial charge in [0.25, 0.3) is 0 Å². The predicted octanol–water partition coefficient (Wildman–Crippen LogP) is 3.52. The minimum absolute atomic E-state index is 0.0271. The lowest BCUT2D eigenvalue weighted by Gasteiger charge is -2.06. The summed E-state index contributed by atoms with van der Waals surface area (Å²) in [5.74, 6) is 0.386. The minimum Gasteiger partial charge on any atom is -0.303 e. The first kappa shape index (κ1) is 15.5. The van der Waals surface area contributed by atoms with E-state index in [4.69, 9.17) is 0 Å². The number of amides is 1. The number of hydrogen-bond acceptors (Lipinski definition) is 4. The molecule has 116 valence electrons. The number of benzene rings is 2. The first-order valence-corrected chi connectivity index (χ1v) is 8.31. The van der Waals surface area contributed by atoms with Gasteiger partial charge in [-0.15, -0.1) is 5.10 Å². The summed E-state index contributed by atoms with van der Waals surface area (Å²) < 4.78 is 0. The highest BCUT2D eigenvalue weighted by atomic mass is 32.2. The average Bonchev–Trinajstić information content (AvgIpc) is 2.92. The number of amidine groups is 1. The standard InChI is InChI=1S/C18H17N3OS/c1-12-6-13(2)8-16(7-12)15-5-3-4-14(9-15)10-19-21-18-20-17(22)11-23-18/h3-10H,11H2,1-2H3,(H,20,21,22). The van der Waals surface area contributed by atoms with Crippen molar-refractivity contribution >= 4 is 29.1 Å². The zero-order valence-electron chi connectivity index (χ0n) is 13.0. The Labute approximate surface area is 139 Å². The number of aryl methyl sites for hydroxylation is 2. The molecular weight excluding hydrogens is 306 g/mol. The number of carbonyl (C=O) groups excluding carboxylic acids is 1. The number of rotatable bonds is 3. The van der Waals surface area contributed by atoms with Crippen molar-refractivity contribution in [3.8, 4) is 11.1 Å². The van der Waals surface area contributed by atoms with E-state index in [0.717, 1.165) is 11.1 Å². The largest absolute Gasteiger partial charge is 0.303 e. The lowest BCUT2D eigenvalue weighted by Crippen LogP contribution is -2.19. The van der Waals surface area contributed by atoms with E-state index in [1.165, 1.54) is 28.5 Å². The maximum atomic E-state index is 11.1. The van der Waals surface area contributed by atoms with E-state index < -0.39 is 0 Å². The first-order valence-electron chi connectivity index (χ1n) is 7.32. The fraction of sp³-hybridized carbons (Fsp3) is 0.167. The molecule has 2 aromatic rings. The molecule has 1 heterocycles. The average molecular weight is 323 g/mol. The molecule has 0 spiro atoms. The van der Waals surface area contributed by atoms with Crippen molar-refractivity contribution < 1.29 is 4.79 Å². The Morgan fingerprint density at radius 3 is 2.57 bits per heavy atom. The molecule has 0 radical (unpaired) electrons. The Balaban J connectivity index is 1.81. The van der Waals surface area contributed by atoms with Gasteiger partial charge in [0.1, 0.15) is 0 Å². The van der Waals surface area contributed by atoms with E-state index >= 15 is 0 Å². The third-order valence-corrected chi connectivity index (χ3v) is 4.25. The first-order chi connectivity index (χ1) is 11.1. The lowest BCUT2D eigenvalue weighted by atomic mass is 9.99. The van der Waals surface area contributed by atoms with Gasteiger partial charge < -0.3 is 5.32 Å². The summed E-state index contributed by atoms with van der Waals surface area (Å²) in [6.45, 7) is 4.21. The zero-order chi connectivity index (χ0) is 16.2. The van der Waals surface area contributed by atoms with E-state index in [0.29, 0.717) is 10.9 Å². The highest BCUT2D eigenvalue weighted by Crippen LogP contribution is 2.22. The summed E-state index contributed by atoms with van der Waals surface area (Å²) in [5.41, 5.74) is 5.82. The Bertz CT molecular complexity index is 791. The molecule has 3 rings (SSSR count). The van der Waals surface area contributed by atoms with Gasteiger partial charge in [-0.2, -0.15) is 5.10 Å². The summed E-state index contributed by atoms with van der Waals surface area (Å²) in [6, 6.07) is 14.7. The third-order valence-electron chi connectivity index (χ3n) is 3.38. The van der Waals surface area contributed by atoms with Gasteiger partial charge in [-0.25, -0.2) is 0 Å². The molecule has 1 N–H and O–H groups in total. The van der Waals surface area contributed by atoms with E-state index in [-0.39, 0.29) is 5.91 Å². The van der Waals surface area contributed by atoms with Gasteiger partial charge in [0.2, 0.25) is 5.91 Å². The van der Waals surface area contributed by atoms with Crippen LogP contribution in [-0.4, -0.2) is 23.0 Å². The molecule has 0 atom stereocenters. The number of carbonyl (C=O) groups is 1. The molecule has 5 heteroatoms. The van der Waals surface area contributed by atoms with Crippen LogP contribution >= 0.6 is 11.8 Å². The highest BCUT2D eigenvalue weighted by Gasteiger charge is 2.15. The third kappa shape index (κ3) is 4.07. The lowest BCUT2D eigenvalue weighted by molar-refractivity contribution is -0.116. The van der Waals surface area contributed by atoms with Crippen LogP contribution in [0, 0.1) is 13.8 Å². The molecule has 1 fully saturated rings. The Morgan fingerprint density at radius 2 is 1.87 bits per heavy atom. The van der Waals surface area contributed by atoms with Crippen LogP contribution in [0.4, 0.5) is 0 Å². The monoisotopic (exact) mass is 323 g/mol. The van der Waals surface area contributed by atoms with Crippen LogP contribution in [0.25, 0.3) is 11.1 Å². The van der Waals surface area contributed by atoms with Crippen LogP contribution < -0.4 is 5.32 Å². The molecule has 1 aliphatic rings. The number of nitrogens with zero attached hydrogens (tertiary/aromatic N) is 2. The van der Waals surface area contributed by atoms with Crippen molar-refractivity contribution in [2.75, 3.05) is 5.75 Å². The maximum Gasteiger partial charge on any atom is 0.236 e. The van der Waals surface area contributed by atoms with Gasteiger partial charge in [-0.1, -0.05) is 59.3 Å². The van der Waals surface area contributed by atoms with Gasteiger partial charge in [0.15, 0.2) is 5.17 Å². The molecule has 0 aromatic heterocycles. The molecule has 0 unspecified atom stereocenters. The molecule has 4 nitrogen and oxygen atoms in total. The van der Waals surface area contributed by atoms with Crippen molar-refractivity contribution in [1.82, 2.24) is 5.32 Å². The summed E-state index contributed by atoms with van der Waals surface area (Å²) in [6.07, 6.45) is 1.70. The Hall–Kier alpha value is -2.40. The van der Waals surface area contributed by atoms with Crippen molar-refractivity contribution in [2.24, 2.45) is 10.2 Å². The summed E-state index contributed by atoms with van der Waals surface area (Å²) in [5, 5.41) is 11.3. The molecule has 1 aliphatic heterocycles.